The molecule has 0 amide bonds. The molecule has 0 radical (unpaired) electrons. The molecular weight excluding hydrogens is 309 g/mol. The summed E-state index contributed by atoms with van der Waals surface area (Å²) in [6, 6.07) is 9.54. The predicted molar refractivity (Wildman–Crippen MR) is 88.9 cm³/mol. The number of nitrogens with zero attached hydrogens (tertiary/aromatic N) is 3. The van der Waals surface area contributed by atoms with Gasteiger partial charge in [-0.15, -0.1) is 0 Å². The van der Waals surface area contributed by atoms with Gasteiger partial charge in [0.1, 0.15) is 11.6 Å². The van der Waals surface area contributed by atoms with Gasteiger partial charge in [0.15, 0.2) is 5.84 Å². The highest BCUT2D eigenvalue weighted by atomic mass is 19.1. The lowest BCUT2D eigenvalue weighted by Gasteiger charge is -2.28. The first-order chi connectivity index (χ1) is 11.6. The van der Waals surface area contributed by atoms with E-state index in [0.717, 1.165) is 0 Å². The molecule has 1 aromatic heterocycles. The first kappa shape index (κ1) is 16.0. The van der Waals surface area contributed by atoms with Crippen LogP contribution in [0.15, 0.2) is 59.9 Å². The minimum Gasteiger partial charge on any atom is -0.439 e. The minimum absolute atomic E-state index is 0.133. The number of hydrogen-bond acceptors (Lipinski definition) is 4. The van der Waals surface area contributed by atoms with E-state index in [-0.39, 0.29) is 17.9 Å². The number of halogens is 1. The zero-order valence-electron chi connectivity index (χ0n) is 13.4. The predicted octanol–water partition coefficient (Wildman–Crippen LogP) is 3.80. The van der Waals surface area contributed by atoms with E-state index in [1.54, 1.807) is 30.5 Å². The fraction of sp³-hybridized carbons (Fsp3) is 0.222. The molecule has 1 N–H and O–H groups in total. The van der Waals surface area contributed by atoms with Gasteiger partial charge in [0.05, 0.1) is 0 Å². The van der Waals surface area contributed by atoms with E-state index in [4.69, 9.17) is 4.74 Å². The first-order valence-electron chi connectivity index (χ1n) is 7.67. The lowest BCUT2D eigenvalue weighted by Crippen LogP contribution is -2.40. The maximum absolute atomic E-state index is 13.2. The molecule has 0 aliphatic carbocycles. The van der Waals surface area contributed by atoms with Gasteiger partial charge in [0.2, 0.25) is 5.88 Å². The SMILES string of the molecule is CC1C=CC(C)N1/C(=N\O)c1ccc(Oc2cccc(F)c2)nc1. The fourth-order valence-electron chi connectivity index (χ4n) is 2.75. The van der Waals surface area contributed by atoms with Crippen molar-refractivity contribution in [1.29, 1.82) is 0 Å². The van der Waals surface area contributed by atoms with Crippen molar-refractivity contribution in [2.75, 3.05) is 0 Å². The van der Waals surface area contributed by atoms with Gasteiger partial charge in [-0.1, -0.05) is 23.4 Å². The summed E-state index contributed by atoms with van der Waals surface area (Å²) < 4.78 is 18.7. The van der Waals surface area contributed by atoms with Crippen molar-refractivity contribution in [2.45, 2.75) is 25.9 Å². The van der Waals surface area contributed by atoms with Crippen LogP contribution < -0.4 is 4.74 Å². The maximum atomic E-state index is 13.2. The molecule has 3 rings (SSSR count). The van der Waals surface area contributed by atoms with Gasteiger partial charge in [0.25, 0.3) is 0 Å². The van der Waals surface area contributed by atoms with Crippen molar-refractivity contribution in [3.05, 3.63) is 66.1 Å². The Morgan fingerprint density at radius 1 is 1.21 bits per heavy atom. The van der Waals surface area contributed by atoms with Gasteiger partial charge in [-0.05, 0) is 32.0 Å². The summed E-state index contributed by atoms with van der Waals surface area (Å²) in [5.74, 6) is 0.785. The Balaban J connectivity index is 1.78. The number of rotatable bonds is 3. The smallest absolute Gasteiger partial charge is 0.219 e. The molecule has 2 atom stereocenters. The number of pyridine rings is 1. The van der Waals surface area contributed by atoms with E-state index in [0.29, 0.717) is 23.0 Å². The summed E-state index contributed by atoms with van der Waals surface area (Å²) >= 11 is 0. The van der Waals surface area contributed by atoms with Crippen LogP contribution in [0.4, 0.5) is 4.39 Å². The van der Waals surface area contributed by atoms with Gasteiger partial charge in [-0.3, -0.25) is 0 Å². The van der Waals surface area contributed by atoms with Gasteiger partial charge >= 0.3 is 0 Å². The van der Waals surface area contributed by atoms with E-state index in [2.05, 4.69) is 22.3 Å². The number of benzene rings is 1. The van der Waals surface area contributed by atoms with Gasteiger partial charge in [-0.25, -0.2) is 9.37 Å². The second-order valence-corrected chi connectivity index (χ2v) is 5.64. The Hall–Kier alpha value is -2.89. The van der Waals surface area contributed by atoms with Crippen molar-refractivity contribution >= 4 is 5.84 Å². The maximum Gasteiger partial charge on any atom is 0.219 e. The third-order valence-electron chi connectivity index (χ3n) is 3.90. The van der Waals surface area contributed by atoms with E-state index < -0.39 is 0 Å². The Kier molecular flexibility index (Phi) is 4.46. The van der Waals surface area contributed by atoms with Crippen LogP contribution >= 0.6 is 0 Å². The number of hydrogen-bond donors (Lipinski definition) is 1. The summed E-state index contributed by atoms with van der Waals surface area (Å²) in [7, 11) is 0. The Morgan fingerprint density at radius 3 is 2.54 bits per heavy atom. The Morgan fingerprint density at radius 2 is 1.96 bits per heavy atom. The van der Waals surface area contributed by atoms with Crippen LogP contribution in [0.3, 0.4) is 0 Å². The van der Waals surface area contributed by atoms with Crippen molar-refractivity contribution < 1.29 is 14.3 Å². The molecule has 2 aromatic rings. The largest absolute Gasteiger partial charge is 0.439 e. The quantitative estimate of drug-likeness (QED) is 0.306. The van der Waals surface area contributed by atoms with Crippen molar-refractivity contribution in [1.82, 2.24) is 9.88 Å². The molecule has 0 fully saturated rings. The molecule has 0 saturated carbocycles. The summed E-state index contributed by atoms with van der Waals surface area (Å²) in [5.41, 5.74) is 0.673. The van der Waals surface area contributed by atoms with Crippen LogP contribution in [0.5, 0.6) is 11.6 Å². The normalized spacial score (nSPS) is 20.5. The summed E-state index contributed by atoms with van der Waals surface area (Å²) in [5, 5.41) is 12.9. The molecule has 24 heavy (non-hydrogen) atoms. The standard InChI is InChI=1S/C18H18FN3O2/c1-12-6-7-13(2)22(12)18(21-23)14-8-9-17(20-11-14)24-16-5-3-4-15(19)10-16/h3-13,23H,1-2H3/b21-18-. The summed E-state index contributed by atoms with van der Waals surface area (Å²) in [6.45, 7) is 4.06. The van der Waals surface area contributed by atoms with E-state index >= 15 is 0 Å². The van der Waals surface area contributed by atoms with Crippen LogP contribution in [-0.2, 0) is 0 Å². The number of oxime groups is 1. The van der Waals surface area contributed by atoms with Crippen LogP contribution in [0.2, 0.25) is 0 Å². The third kappa shape index (κ3) is 3.22. The lowest BCUT2D eigenvalue weighted by molar-refractivity contribution is 0.289. The topological polar surface area (TPSA) is 58.0 Å². The van der Waals surface area contributed by atoms with Crippen LogP contribution in [0, 0.1) is 5.82 Å². The molecule has 2 heterocycles. The van der Waals surface area contributed by atoms with Gasteiger partial charge < -0.3 is 14.8 Å². The molecule has 5 nitrogen and oxygen atoms in total. The van der Waals surface area contributed by atoms with E-state index in [1.807, 2.05) is 18.7 Å². The number of amidine groups is 1. The van der Waals surface area contributed by atoms with Crippen LogP contribution in [-0.4, -0.2) is 33.0 Å². The first-order valence-corrected chi connectivity index (χ1v) is 7.67. The van der Waals surface area contributed by atoms with E-state index in [1.165, 1.54) is 12.1 Å². The summed E-state index contributed by atoms with van der Waals surface area (Å²) in [6.07, 6.45) is 5.69. The lowest BCUT2D eigenvalue weighted by atomic mass is 10.2. The second-order valence-electron chi connectivity index (χ2n) is 5.64. The molecule has 0 spiro atoms. The molecule has 2 unspecified atom stereocenters. The van der Waals surface area contributed by atoms with Crippen molar-refractivity contribution in [3.8, 4) is 11.6 Å². The molecule has 0 bridgehead atoms. The highest BCUT2D eigenvalue weighted by Crippen LogP contribution is 2.23. The van der Waals surface area contributed by atoms with Crippen molar-refractivity contribution in [3.63, 3.8) is 0 Å². The monoisotopic (exact) mass is 327 g/mol. The van der Waals surface area contributed by atoms with Crippen LogP contribution in [0.25, 0.3) is 0 Å². The zero-order valence-corrected chi connectivity index (χ0v) is 13.4. The fourth-order valence-corrected chi connectivity index (χ4v) is 2.75. The average molecular weight is 327 g/mol. The molecule has 0 saturated heterocycles. The average Bonchev–Trinajstić information content (AvgIpc) is 2.90. The second kappa shape index (κ2) is 6.70. The van der Waals surface area contributed by atoms with Gasteiger partial charge in [-0.2, -0.15) is 0 Å². The highest BCUT2D eigenvalue weighted by Gasteiger charge is 2.27. The Labute approximate surface area is 139 Å². The minimum atomic E-state index is -0.372. The van der Waals surface area contributed by atoms with E-state index in [9.17, 15) is 9.60 Å². The molecule has 124 valence electrons. The highest BCUT2D eigenvalue weighted by molar-refractivity contribution is 5.99. The molecular formula is C18H18FN3O2. The van der Waals surface area contributed by atoms with Crippen LogP contribution in [0.1, 0.15) is 19.4 Å². The van der Waals surface area contributed by atoms with Gasteiger partial charge in [0, 0.05) is 36.0 Å². The summed E-state index contributed by atoms with van der Waals surface area (Å²) in [4.78, 5) is 6.20. The molecule has 1 aliphatic rings. The molecule has 1 aliphatic heterocycles. The Bertz CT molecular complexity index is 762. The number of ether oxygens (including phenoxy) is 1. The molecule has 6 heteroatoms. The zero-order chi connectivity index (χ0) is 17.1. The molecule has 1 aromatic carbocycles. The number of aromatic nitrogens is 1. The third-order valence-corrected chi connectivity index (χ3v) is 3.90. The van der Waals surface area contributed by atoms with Crippen molar-refractivity contribution in [2.24, 2.45) is 5.16 Å².